The molecule has 24 heavy (non-hydrogen) atoms. The zero-order valence-electron chi connectivity index (χ0n) is 13.1. The number of phenols is 1. The normalized spacial score (nSPS) is 12.5. The van der Waals surface area contributed by atoms with E-state index in [0.717, 1.165) is 0 Å². The average molecular weight is 355 g/mol. The zero-order valence-corrected chi connectivity index (χ0v) is 14.0. The van der Waals surface area contributed by atoms with Gasteiger partial charge in [-0.25, -0.2) is 4.98 Å². The number of methoxy groups -OCH3 is 2. The quantitative estimate of drug-likeness (QED) is 0.545. The molecule has 9 nitrogen and oxygen atoms in total. The summed E-state index contributed by atoms with van der Waals surface area (Å²) >= 11 is 0. The van der Waals surface area contributed by atoms with Crippen LogP contribution >= 0.6 is 7.60 Å². The van der Waals surface area contributed by atoms with Gasteiger partial charge < -0.3 is 29.7 Å². The van der Waals surface area contributed by atoms with Gasteiger partial charge in [-0.1, -0.05) is 0 Å². The lowest BCUT2D eigenvalue weighted by atomic mass is 10.1. The monoisotopic (exact) mass is 355 g/mol. The highest BCUT2D eigenvalue weighted by atomic mass is 31.2. The molecule has 2 aromatic rings. The Morgan fingerprint density at radius 1 is 1.21 bits per heavy atom. The Balaban J connectivity index is 2.36. The molecule has 1 aromatic carbocycles. The minimum Gasteiger partial charge on any atom is -0.502 e. The highest BCUT2D eigenvalue weighted by Crippen LogP contribution is 2.53. The van der Waals surface area contributed by atoms with Crippen LogP contribution in [0, 0.1) is 0 Å². The molecule has 1 aromatic heterocycles. The van der Waals surface area contributed by atoms with E-state index in [9.17, 15) is 19.5 Å². The first-order chi connectivity index (χ1) is 11.4. The van der Waals surface area contributed by atoms with E-state index in [1.807, 2.05) is 0 Å². The van der Waals surface area contributed by atoms with E-state index in [1.165, 1.54) is 44.9 Å². The van der Waals surface area contributed by atoms with Crippen molar-refractivity contribution in [1.29, 1.82) is 0 Å². The van der Waals surface area contributed by atoms with Gasteiger partial charge >= 0.3 is 7.60 Å². The van der Waals surface area contributed by atoms with Crippen molar-refractivity contribution in [3.05, 3.63) is 36.3 Å². The molecule has 0 aliphatic rings. The Morgan fingerprint density at radius 3 is 2.29 bits per heavy atom. The van der Waals surface area contributed by atoms with Crippen LogP contribution in [0.15, 0.2) is 30.7 Å². The number of rotatable bonds is 7. The van der Waals surface area contributed by atoms with E-state index in [1.54, 1.807) is 0 Å². The van der Waals surface area contributed by atoms with E-state index in [0.29, 0.717) is 5.82 Å². The molecule has 10 heteroatoms. The number of nitrogens with one attached hydrogen (secondary N) is 1. The van der Waals surface area contributed by atoms with Crippen LogP contribution < -0.4 is 14.8 Å². The minimum atomic E-state index is -4.51. The highest BCUT2D eigenvalue weighted by Gasteiger charge is 2.32. The summed E-state index contributed by atoms with van der Waals surface area (Å²) in [7, 11) is -1.84. The maximum Gasteiger partial charge on any atom is 0.334 e. The van der Waals surface area contributed by atoms with Gasteiger partial charge in [-0.05, 0) is 17.7 Å². The number of phenolic OH excluding ortho intramolecular Hbond substituents is 1. The fraction of sp³-hybridized carbons (Fsp3) is 0.286. The van der Waals surface area contributed by atoms with Crippen molar-refractivity contribution < 1.29 is 28.9 Å². The van der Waals surface area contributed by atoms with Crippen molar-refractivity contribution in [2.45, 2.75) is 5.66 Å². The van der Waals surface area contributed by atoms with Crippen LogP contribution in [0.5, 0.6) is 17.2 Å². The second-order valence-corrected chi connectivity index (χ2v) is 6.65. The largest absolute Gasteiger partial charge is 0.502 e. The van der Waals surface area contributed by atoms with Gasteiger partial charge in [0.1, 0.15) is 11.5 Å². The topological polar surface area (TPSA) is 134 Å². The molecule has 4 N–H and O–H groups in total. The molecule has 0 saturated carbocycles. The van der Waals surface area contributed by atoms with Crippen molar-refractivity contribution in [3.8, 4) is 17.2 Å². The molecule has 2 rings (SSSR count). The van der Waals surface area contributed by atoms with Gasteiger partial charge in [0.05, 0.1) is 20.4 Å². The number of anilines is 1. The van der Waals surface area contributed by atoms with Crippen LogP contribution in [0.25, 0.3) is 0 Å². The maximum absolute atomic E-state index is 11.9. The summed E-state index contributed by atoms with van der Waals surface area (Å²) in [5, 5.41) is 12.8. The molecule has 1 atom stereocenters. The Bertz CT molecular complexity index is 712. The van der Waals surface area contributed by atoms with E-state index in [2.05, 4.69) is 15.3 Å². The first-order valence-corrected chi connectivity index (χ1v) is 8.55. The molecule has 130 valence electrons. The average Bonchev–Trinajstić information content (AvgIpc) is 2.55. The van der Waals surface area contributed by atoms with E-state index in [-0.39, 0.29) is 29.4 Å². The standard InChI is InChI=1S/C14H18N3O6P/c1-22-10-5-9(6-11(23-2)14(10)18)12(24(19,20)21)7-17-13-8-15-3-4-16-13/h3-6,8,12,18H,7H2,1-2H3,(H,16,17)(H2,19,20,21). The highest BCUT2D eigenvalue weighted by molar-refractivity contribution is 7.52. The number of hydrogen-bond donors (Lipinski definition) is 4. The minimum absolute atomic E-state index is 0.0577. The summed E-state index contributed by atoms with van der Waals surface area (Å²) in [5.74, 6) is 0.258. The first-order valence-electron chi connectivity index (χ1n) is 6.86. The molecule has 0 radical (unpaired) electrons. The third kappa shape index (κ3) is 4.14. The van der Waals surface area contributed by atoms with Crippen LogP contribution in [0.4, 0.5) is 5.82 Å². The molecule has 0 saturated heterocycles. The van der Waals surface area contributed by atoms with Crippen molar-refractivity contribution in [2.75, 3.05) is 26.1 Å². The van der Waals surface area contributed by atoms with Crippen LogP contribution in [0.3, 0.4) is 0 Å². The van der Waals surface area contributed by atoms with Crippen molar-refractivity contribution in [2.24, 2.45) is 0 Å². The number of aromatic hydroxyl groups is 1. The lowest BCUT2D eigenvalue weighted by Crippen LogP contribution is -2.14. The summed E-state index contributed by atoms with van der Waals surface area (Å²) in [6.45, 7) is -0.0972. The Labute approximate surface area is 138 Å². The smallest absolute Gasteiger partial charge is 0.334 e. The van der Waals surface area contributed by atoms with Gasteiger partial charge in [0.15, 0.2) is 11.5 Å². The Morgan fingerprint density at radius 2 is 1.83 bits per heavy atom. The molecular formula is C14H18N3O6P. The zero-order chi connectivity index (χ0) is 17.7. The number of nitrogens with zero attached hydrogens (tertiary/aromatic N) is 2. The molecule has 1 heterocycles. The molecule has 0 spiro atoms. The van der Waals surface area contributed by atoms with E-state index in [4.69, 9.17) is 9.47 Å². The van der Waals surface area contributed by atoms with Crippen LogP contribution in [0.1, 0.15) is 11.2 Å². The molecule has 0 aliphatic heterocycles. The number of aromatic nitrogens is 2. The van der Waals surface area contributed by atoms with Crippen molar-refractivity contribution in [1.82, 2.24) is 9.97 Å². The fourth-order valence-corrected chi connectivity index (χ4v) is 3.00. The van der Waals surface area contributed by atoms with Gasteiger partial charge in [0.25, 0.3) is 0 Å². The van der Waals surface area contributed by atoms with Gasteiger partial charge in [-0.2, -0.15) is 0 Å². The third-order valence-corrected chi connectivity index (χ3v) is 4.63. The van der Waals surface area contributed by atoms with Gasteiger partial charge in [0, 0.05) is 18.9 Å². The summed E-state index contributed by atoms with van der Waals surface area (Å²) in [4.78, 5) is 27.3. The summed E-state index contributed by atoms with van der Waals surface area (Å²) < 4.78 is 22.0. The number of hydrogen-bond acceptors (Lipinski definition) is 7. The number of ether oxygens (including phenoxy) is 2. The summed E-state index contributed by atoms with van der Waals surface area (Å²) in [6.07, 6.45) is 4.39. The molecule has 0 fully saturated rings. The molecule has 1 unspecified atom stereocenters. The fourth-order valence-electron chi connectivity index (χ4n) is 2.13. The molecule has 0 aliphatic carbocycles. The van der Waals surface area contributed by atoms with Gasteiger partial charge in [0.2, 0.25) is 5.75 Å². The third-order valence-electron chi connectivity index (χ3n) is 3.33. The first kappa shape index (κ1) is 18.0. The van der Waals surface area contributed by atoms with Crippen LogP contribution in [0.2, 0.25) is 0 Å². The maximum atomic E-state index is 11.9. The molecule has 0 bridgehead atoms. The van der Waals surface area contributed by atoms with E-state index < -0.39 is 13.3 Å². The Hall–Kier alpha value is -2.35. The predicted octanol–water partition coefficient (Wildman–Crippen LogP) is 1.53. The van der Waals surface area contributed by atoms with E-state index >= 15 is 0 Å². The van der Waals surface area contributed by atoms with Crippen molar-refractivity contribution >= 4 is 13.4 Å². The number of benzene rings is 1. The van der Waals surface area contributed by atoms with Crippen LogP contribution in [-0.2, 0) is 4.57 Å². The summed E-state index contributed by atoms with van der Waals surface area (Å²) in [5.41, 5.74) is -0.936. The molecule has 0 amide bonds. The van der Waals surface area contributed by atoms with Gasteiger partial charge in [-0.15, -0.1) is 0 Å². The van der Waals surface area contributed by atoms with Gasteiger partial charge in [-0.3, -0.25) is 9.55 Å². The molecular weight excluding hydrogens is 337 g/mol. The lowest BCUT2D eigenvalue weighted by Gasteiger charge is -2.21. The van der Waals surface area contributed by atoms with Crippen molar-refractivity contribution in [3.63, 3.8) is 0 Å². The second-order valence-electron chi connectivity index (χ2n) is 4.85. The Kier molecular flexibility index (Phi) is 5.61. The van der Waals surface area contributed by atoms with Crippen LogP contribution in [-0.4, -0.2) is 45.6 Å². The predicted molar refractivity (Wildman–Crippen MR) is 86.5 cm³/mol. The lowest BCUT2D eigenvalue weighted by molar-refractivity contribution is 0.337. The second kappa shape index (κ2) is 7.48. The summed E-state index contributed by atoms with van der Waals surface area (Å²) in [6, 6.07) is 2.72. The SMILES string of the molecule is COc1cc(C(CNc2cnccn2)P(=O)(O)O)cc(OC)c1O.